The van der Waals surface area contributed by atoms with Gasteiger partial charge in [-0.2, -0.15) is 0 Å². The zero-order valence-electron chi connectivity index (χ0n) is 7.12. The normalized spacial score (nSPS) is 10.8. The molecule has 0 saturated heterocycles. The highest BCUT2D eigenvalue weighted by Gasteiger charge is 1.91. The Labute approximate surface area is 72.5 Å². The van der Waals surface area contributed by atoms with Crippen LogP contribution in [0.2, 0.25) is 0 Å². The van der Waals surface area contributed by atoms with Crippen molar-refractivity contribution in [1.82, 2.24) is 5.32 Å². The highest BCUT2D eigenvalue weighted by Crippen LogP contribution is 2.16. The number of para-hydroxylation sites is 1. The summed E-state index contributed by atoms with van der Waals surface area (Å²) in [5, 5.41) is 12.3. The SMILES string of the molecule is CNC/C=C/c1ccccc1O. The van der Waals surface area contributed by atoms with E-state index in [1.807, 2.05) is 37.4 Å². The van der Waals surface area contributed by atoms with E-state index in [2.05, 4.69) is 5.32 Å². The summed E-state index contributed by atoms with van der Waals surface area (Å²) in [6, 6.07) is 7.27. The summed E-state index contributed by atoms with van der Waals surface area (Å²) in [5.74, 6) is 0.324. The maximum atomic E-state index is 9.34. The topological polar surface area (TPSA) is 32.3 Å². The molecule has 0 amide bonds. The highest BCUT2D eigenvalue weighted by atomic mass is 16.3. The molecule has 0 spiro atoms. The fraction of sp³-hybridized carbons (Fsp3) is 0.200. The van der Waals surface area contributed by atoms with Gasteiger partial charge in [-0.25, -0.2) is 0 Å². The van der Waals surface area contributed by atoms with Gasteiger partial charge in [0.1, 0.15) is 5.75 Å². The van der Waals surface area contributed by atoms with Crippen LogP contribution in [0.1, 0.15) is 5.56 Å². The second kappa shape index (κ2) is 4.57. The average Bonchev–Trinajstić information content (AvgIpc) is 2.09. The molecule has 2 nitrogen and oxygen atoms in total. The molecular formula is C10H13NO. The molecule has 0 heterocycles. The molecule has 0 aliphatic carbocycles. The molecule has 0 aromatic heterocycles. The molecule has 1 aromatic carbocycles. The predicted molar refractivity (Wildman–Crippen MR) is 51.1 cm³/mol. The number of hydrogen-bond acceptors (Lipinski definition) is 2. The largest absolute Gasteiger partial charge is 0.507 e. The molecule has 12 heavy (non-hydrogen) atoms. The molecule has 2 heteroatoms. The molecular weight excluding hydrogens is 150 g/mol. The van der Waals surface area contributed by atoms with Gasteiger partial charge in [0.15, 0.2) is 0 Å². The second-order valence-electron chi connectivity index (χ2n) is 2.52. The van der Waals surface area contributed by atoms with Crippen LogP contribution in [0.25, 0.3) is 6.08 Å². The minimum Gasteiger partial charge on any atom is -0.507 e. The Morgan fingerprint density at radius 2 is 2.17 bits per heavy atom. The van der Waals surface area contributed by atoms with Crippen LogP contribution in [-0.4, -0.2) is 18.7 Å². The Balaban J connectivity index is 2.68. The summed E-state index contributed by atoms with van der Waals surface area (Å²) in [5.41, 5.74) is 0.854. The number of benzene rings is 1. The number of phenols is 1. The Morgan fingerprint density at radius 3 is 2.83 bits per heavy atom. The lowest BCUT2D eigenvalue weighted by atomic mass is 10.2. The summed E-state index contributed by atoms with van der Waals surface area (Å²) >= 11 is 0. The van der Waals surface area contributed by atoms with Gasteiger partial charge in [-0.1, -0.05) is 30.4 Å². The lowest BCUT2D eigenvalue weighted by Crippen LogP contribution is -2.03. The van der Waals surface area contributed by atoms with Crippen molar-refractivity contribution in [2.24, 2.45) is 0 Å². The van der Waals surface area contributed by atoms with Gasteiger partial charge >= 0.3 is 0 Å². The minimum atomic E-state index is 0.324. The van der Waals surface area contributed by atoms with Crippen LogP contribution in [0.15, 0.2) is 30.3 Å². The van der Waals surface area contributed by atoms with Crippen molar-refractivity contribution in [3.63, 3.8) is 0 Å². The van der Waals surface area contributed by atoms with Crippen molar-refractivity contribution in [2.75, 3.05) is 13.6 Å². The third kappa shape index (κ3) is 2.40. The van der Waals surface area contributed by atoms with E-state index in [0.717, 1.165) is 12.1 Å². The van der Waals surface area contributed by atoms with Gasteiger partial charge < -0.3 is 10.4 Å². The van der Waals surface area contributed by atoms with Crippen LogP contribution >= 0.6 is 0 Å². The van der Waals surface area contributed by atoms with Crippen LogP contribution in [-0.2, 0) is 0 Å². The molecule has 0 atom stereocenters. The van der Waals surface area contributed by atoms with Crippen LogP contribution in [0.4, 0.5) is 0 Å². The Morgan fingerprint density at radius 1 is 1.42 bits per heavy atom. The van der Waals surface area contributed by atoms with E-state index < -0.39 is 0 Å². The van der Waals surface area contributed by atoms with Gasteiger partial charge in [0.25, 0.3) is 0 Å². The number of phenolic OH excluding ortho intramolecular Hbond substituents is 1. The predicted octanol–water partition coefficient (Wildman–Crippen LogP) is 1.62. The highest BCUT2D eigenvalue weighted by molar-refractivity contribution is 5.56. The Kier molecular flexibility index (Phi) is 3.35. The molecule has 0 aliphatic heterocycles. The van der Waals surface area contributed by atoms with Crippen LogP contribution < -0.4 is 5.32 Å². The van der Waals surface area contributed by atoms with Gasteiger partial charge in [-0.05, 0) is 13.1 Å². The Hall–Kier alpha value is -1.28. The van der Waals surface area contributed by atoms with Crippen molar-refractivity contribution in [3.8, 4) is 5.75 Å². The molecule has 0 aliphatic rings. The lowest BCUT2D eigenvalue weighted by Gasteiger charge is -1.96. The number of likely N-dealkylation sites (N-methyl/N-ethyl adjacent to an activating group) is 1. The van der Waals surface area contributed by atoms with E-state index in [1.54, 1.807) is 6.07 Å². The maximum Gasteiger partial charge on any atom is 0.122 e. The molecule has 0 radical (unpaired) electrons. The van der Waals surface area contributed by atoms with Crippen molar-refractivity contribution < 1.29 is 5.11 Å². The minimum absolute atomic E-state index is 0.324. The summed E-state index contributed by atoms with van der Waals surface area (Å²) in [4.78, 5) is 0. The van der Waals surface area contributed by atoms with E-state index >= 15 is 0 Å². The summed E-state index contributed by atoms with van der Waals surface area (Å²) in [7, 11) is 1.88. The molecule has 2 N–H and O–H groups in total. The zero-order valence-corrected chi connectivity index (χ0v) is 7.12. The molecule has 0 saturated carbocycles. The number of hydrogen-bond donors (Lipinski definition) is 2. The van der Waals surface area contributed by atoms with E-state index in [9.17, 15) is 5.11 Å². The molecule has 1 rings (SSSR count). The van der Waals surface area contributed by atoms with Gasteiger partial charge in [-0.15, -0.1) is 0 Å². The summed E-state index contributed by atoms with van der Waals surface area (Å²) in [6.07, 6.45) is 3.86. The fourth-order valence-corrected chi connectivity index (χ4v) is 0.932. The fourth-order valence-electron chi connectivity index (χ4n) is 0.932. The number of nitrogens with one attached hydrogen (secondary N) is 1. The quantitative estimate of drug-likeness (QED) is 0.709. The third-order valence-electron chi connectivity index (χ3n) is 1.56. The average molecular weight is 163 g/mol. The Bertz CT molecular complexity index is 268. The van der Waals surface area contributed by atoms with Crippen molar-refractivity contribution in [2.45, 2.75) is 0 Å². The van der Waals surface area contributed by atoms with Crippen molar-refractivity contribution >= 4 is 6.08 Å². The number of rotatable bonds is 3. The number of aromatic hydroxyl groups is 1. The first-order chi connectivity index (χ1) is 5.84. The zero-order chi connectivity index (χ0) is 8.81. The standard InChI is InChI=1S/C10H13NO/c1-11-8-4-6-9-5-2-3-7-10(9)12/h2-7,11-12H,8H2,1H3/b6-4+. The molecule has 1 aromatic rings. The smallest absolute Gasteiger partial charge is 0.122 e. The van der Waals surface area contributed by atoms with Crippen LogP contribution in [0, 0.1) is 0 Å². The van der Waals surface area contributed by atoms with E-state index in [1.165, 1.54) is 0 Å². The summed E-state index contributed by atoms with van der Waals surface area (Å²) in [6.45, 7) is 0.814. The molecule has 0 bridgehead atoms. The first kappa shape index (κ1) is 8.81. The van der Waals surface area contributed by atoms with Crippen molar-refractivity contribution in [3.05, 3.63) is 35.9 Å². The monoisotopic (exact) mass is 163 g/mol. The molecule has 64 valence electrons. The van der Waals surface area contributed by atoms with E-state index in [0.29, 0.717) is 5.75 Å². The first-order valence-corrected chi connectivity index (χ1v) is 3.93. The van der Waals surface area contributed by atoms with Gasteiger partial charge in [0.2, 0.25) is 0 Å². The molecule has 0 unspecified atom stereocenters. The third-order valence-corrected chi connectivity index (χ3v) is 1.56. The van der Waals surface area contributed by atoms with Gasteiger partial charge in [-0.3, -0.25) is 0 Å². The van der Waals surface area contributed by atoms with Crippen LogP contribution in [0.5, 0.6) is 5.75 Å². The van der Waals surface area contributed by atoms with E-state index in [-0.39, 0.29) is 0 Å². The van der Waals surface area contributed by atoms with Gasteiger partial charge in [0.05, 0.1) is 0 Å². The molecule has 0 fully saturated rings. The first-order valence-electron chi connectivity index (χ1n) is 3.93. The van der Waals surface area contributed by atoms with E-state index in [4.69, 9.17) is 0 Å². The lowest BCUT2D eigenvalue weighted by molar-refractivity contribution is 0.474. The van der Waals surface area contributed by atoms with Crippen LogP contribution in [0.3, 0.4) is 0 Å². The van der Waals surface area contributed by atoms with Crippen molar-refractivity contribution in [1.29, 1.82) is 0 Å². The maximum absolute atomic E-state index is 9.34. The summed E-state index contributed by atoms with van der Waals surface area (Å²) < 4.78 is 0. The second-order valence-corrected chi connectivity index (χ2v) is 2.52. The van der Waals surface area contributed by atoms with Gasteiger partial charge in [0, 0.05) is 12.1 Å².